The van der Waals surface area contributed by atoms with E-state index in [1.165, 1.54) is 20.8 Å². The molecule has 250 valence electrons. The van der Waals surface area contributed by atoms with Gasteiger partial charge in [-0.3, -0.25) is 14.4 Å². The van der Waals surface area contributed by atoms with Gasteiger partial charge in [-0.05, 0) is 69.0 Å². The average molecular weight is 615 g/mol. The molecule has 0 spiro atoms. The van der Waals surface area contributed by atoms with Crippen LogP contribution in [0.4, 0.5) is 0 Å². The normalized spacial score (nSPS) is 23.5. The van der Waals surface area contributed by atoms with Crippen LogP contribution >= 0.6 is 0 Å². The highest BCUT2D eigenvalue weighted by Gasteiger charge is 2.47. The highest BCUT2D eigenvalue weighted by Crippen LogP contribution is 2.33. The number of Topliss-reactive ketones (excluding diaryl/α,β-unsaturated/α-hetero) is 1. The molecule has 0 aromatic rings. The molecule has 0 saturated carbocycles. The minimum atomic E-state index is -1.24. The molecule has 11 nitrogen and oxygen atoms in total. The van der Waals surface area contributed by atoms with E-state index in [1.807, 2.05) is 34.9 Å². The molecular weight excluding hydrogens is 556 g/mol. The van der Waals surface area contributed by atoms with Gasteiger partial charge in [-0.15, -0.1) is 0 Å². The first-order chi connectivity index (χ1) is 19.8. The van der Waals surface area contributed by atoms with E-state index in [1.54, 1.807) is 20.8 Å². The van der Waals surface area contributed by atoms with Crippen LogP contribution in [0.5, 0.6) is 0 Å². The second-order valence-electron chi connectivity index (χ2n) is 13.2. The maximum atomic E-state index is 13.8. The van der Waals surface area contributed by atoms with E-state index >= 15 is 0 Å². The van der Waals surface area contributed by atoms with Gasteiger partial charge in [0.05, 0.1) is 30.8 Å². The van der Waals surface area contributed by atoms with Crippen LogP contribution in [0, 0.1) is 17.8 Å². The van der Waals surface area contributed by atoms with Crippen LogP contribution < -0.4 is 5.32 Å². The number of amides is 1. The monoisotopic (exact) mass is 614 g/mol. The molecule has 11 heteroatoms. The zero-order valence-electron chi connectivity index (χ0n) is 28.4. The Balaban J connectivity index is 3.41. The third kappa shape index (κ3) is 13.3. The Morgan fingerprint density at radius 3 is 2.30 bits per heavy atom. The zero-order valence-corrected chi connectivity index (χ0v) is 28.4. The Morgan fingerprint density at radius 1 is 1.14 bits per heavy atom. The summed E-state index contributed by atoms with van der Waals surface area (Å²) in [6, 6.07) is 0.192. The molecule has 1 amide bonds. The second kappa shape index (κ2) is 17.6. The van der Waals surface area contributed by atoms with Crippen molar-refractivity contribution in [3.8, 4) is 0 Å². The number of ketones is 1. The molecule has 0 bridgehead atoms. The van der Waals surface area contributed by atoms with Crippen molar-refractivity contribution in [3.05, 3.63) is 12.2 Å². The van der Waals surface area contributed by atoms with E-state index in [4.69, 9.17) is 23.7 Å². The lowest BCUT2D eigenvalue weighted by Crippen LogP contribution is -2.59. The highest BCUT2D eigenvalue weighted by molar-refractivity contribution is 6.00. The van der Waals surface area contributed by atoms with Crippen LogP contribution in [0.2, 0.25) is 0 Å². The predicted molar refractivity (Wildman–Crippen MR) is 164 cm³/mol. The molecule has 0 radical (unpaired) electrons. The third-order valence-electron chi connectivity index (χ3n) is 7.62. The first-order valence-electron chi connectivity index (χ1n) is 15.3. The lowest BCUT2D eigenvalue weighted by Gasteiger charge is -2.44. The Morgan fingerprint density at radius 2 is 1.77 bits per heavy atom. The molecule has 2 N–H and O–H groups in total. The summed E-state index contributed by atoms with van der Waals surface area (Å²) in [5, 5.41) is 12.9. The molecule has 1 fully saturated rings. The van der Waals surface area contributed by atoms with Crippen molar-refractivity contribution in [1.29, 1.82) is 0 Å². The number of ether oxygens (including phenoxy) is 5. The van der Waals surface area contributed by atoms with Crippen LogP contribution in [0.25, 0.3) is 0 Å². The molecule has 8 atom stereocenters. The first kappa shape index (κ1) is 39.1. The van der Waals surface area contributed by atoms with Gasteiger partial charge in [-0.2, -0.15) is 0 Å². The number of hydrogen-bond acceptors (Lipinski definition) is 10. The highest BCUT2D eigenvalue weighted by atomic mass is 16.7. The lowest BCUT2D eigenvalue weighted by molar-refractivity contribution is -0.261. The quantitative estimate of drug-likeness (QED) is 0.127. The second-order valence-corrected chi connectivity index (χ2v) is 13.2. The Labute approximate surface area is 259 Å². The van der Waals surface area contributed by atoms with Gasteiger partial charge in [0, 0.05) is 31.5 Å². The summed E-state index contributed by atoms with van der Waals surface area (Å²) in [4.78, 5) is 41.7. The van der Waals surface area contributed by atoms with Gasteiger partial charge in [0.15, 0.2) is 12.1 Å². The number of hydrogen-bond donors (Lipinski definition) is 2. The Hall–Kier alpha value is -1.89. The molecule has 1 aliphatic heterocycles. The Bertz CT molecular complexity index is 919. The number of rotatable bonds is 19. The molecule has 0 aromatic carbocycles. The molecule has 1 saturated heterocycles. The third-order valence-corrected chi connectivity index (χ3v) is 7.62. The molecule has 0 aromatic heterocycles. The number of esters is 1. The summed E-state index contributed by atoms with van der Waals surface area (Å²) >= 11 is 0. The van der Waals surface area contributed by atoms with Gasteiger partial charge in [0.2, 0.25) is 5.91 Å². The van der Waals surface area contributed by atoms with Gasteiger partial charge >= 0.3 is 5.97 Å². The van der Waals surface area contributed by atoms with E-state index in [0.29, 0.717) is 13.0 Å². The molecule has 43 heavy (non-hydrogen) atoms. The maximum Gasteiger partial charge on any atom is 0.316 e. The minimum Gasteiger partial charge on any atom is -0.462 e. The van der Waals surface area contributed by atoms with E-state index in [-0.39, 0.29) is 44.4 Å². The number of nitrogens with zero attached hydrogens (tertiary/aromatic N) is 1. The fraction of sp³-hybridized carbons (Fsp3) is 0.844. The summed E-state index contributed by atoms with van der Waals surface area (Å²) in [5.41, 5.74) is -1.71. The summed E-state index contributed by atoms with van der Waals surface area (Å²) < 4.78 is 29.8. The maximum absolute atomic E-state index is 13.8. The lowest BCUT2D eigenvalue weighted by atomic mass is 9.82. The van der Waals surface area contributed by atoms with Crippen molar-refractivity contribution in [2.75, 3.05) is 47.1 Å². The minimum absolute atomic E-state index is 0.0226. The molecule has 0 aliphatic carbocycles. The first-order valence-corrected chi connectivity index (χ1v) is 15.3. The molecule has 5 unspecified atom stereocenters. The topological polar surface area (TPSA) is 133 Å². The summed E-state index contributed by atoms with van der Waals surface area (Å²) in [6.45, 7) is 20.1. The van der Waals surface area contributed by atoms with Crippen molar-refractivity contribution < 1.29 is 43.2 Å². The van der Waals surface area contributed by atoms with Gasteiger partial charge in [0.25, 0.3) is 0 Å². The van der Waals surface area contributed by atoms with Crippen molar-refractivity contribution >= 4 is 17.7 Å². The van der Waals surface area contributed by atoms with Crippen molar-refractivity contribution in [1.82, 2.24) is 10.2 Å². The summed E-state index contributed by atoms with van der Waals surface area (Å²) in [5.74, 6) is -3.78. The van der Waals surface area contributed by atoms with Crippen molar-refractivity contribution in [2.24, 2.45) is 17.8 Å². The van der Waals surface area contributed by atoms with Crippen molar-refractivity contribution in [3.63, 3.8) is 0 Å². The number of nitrogens with one attached hydrogen (secondary N) is 1. The van der Waals surface area contributed by atoms with Crippen LogP contribution in [0.3, 0.4) is 0 Å². The van der Waals surface area contributed by atoms with Gasteiger partial charge in [0.1, 0.15) is 24.2 Å². The smallest absolute Gasteiger partial charge is 0.316 e. The predicted octanol–water partition coefficient (Wildman–Crippen LogP) is 3.12. The van der Waals surface area contributed by atoms with Crippen LogP contribution in [-0.2, 0) is 38.1 Å². The molecule has 1 aliphatic rings. The zero-order chi connectivity index (χ0) is 33.1. The summed E-state index contributed by atoms with van der Waals surface area (Å²) in [6.07, 6.45) is -0.284. The summed E-state index contributed by atoms with van der Waals surface area (Å²) in [7, 11) is 4.01. The molecule has 1 rings (SSSR count). The fourth-order valence-electron chi connectivity index (χ4n) is 4.90. The van der Waals surface area contributed by atoms with Gasteiger partial charge < -0.3 is 39.0 Å². The van der Waals surface area contributed by atoms with E-state index in [0.717, 1.165) is 12.0 Å². The van der Waals surface area contributed by atoms with Crippen LogP contribution in [0.1, 0.15) is 75.2 Å². The number of aliphatic hydroxyl groups is 1. The standard InChI is InChI=1S/C32H58N2O9/c1-13-39-17-21(4)29(36)33-18-32(10,41-16-20(2)3)28(43-26-15-25(34(11)12)14-22(5)42-26)23(6)27(35)24(7)30(37)40-19-31(8,9)38/h21-26,28,38H,2,13-19H2,1,3-12H3,(H,33,36)/t21?,22?,23-,24?,25?,26?,28+,32+/m0/s1. The SMILES string of the molecule is C=C(C)CO[C@](C)(CNC(=O)C(C)COCC)[C@H](OC1CC(N(C)C)CC(C)O1)[C@@H](C)C(=O)C(C)C(=O)OCC(C)(C)O. The van der Waals surface area contributed by atoms with Gasteiger partial charge in [-0.1, -0.05) is 26.0 Å². The van der Waals surface area contributed by atoms with Crippen LogP contribution in [0.15, 0.2) is 12.2 Å². The average Bonchev–Trinajstić information content (AvgIpc) is 2.93. The fourth-order valence-corrected chi connectivity index (χ4v) is 4.90. The number of carbonyl (C=O) groups is 3. The van der Waals surface area contributed by atoms with Gasteiger partial charge in [-0.25, -0.2) is 0 Å². The molecule has 1 heterocycles. The Kier molecular flexibility index (Phi) is 16.0. The van der Waals surface area contributed by atoms with Crippen LogP contribution in [-0.4, -0.2) is 110 Å². The van der Waals surface area contributed by atoms with E-state index in [9.17, 15) is 19.5 Å². The van der Waals surface area contributed by atoms with E-state index in [2.05, 4.69) is 16.8 Å². The largest absolute Gasteiger partial charge is 0.462 e. The van der Waals surface area contributed by atoms with E-state index < -0.39 is 53.1 Å². The van der Waals surface area contributed by atoms with Crippen molar-refractivity contribution in [2.45, 2.75) is 111 Å². The number of carbonyl (C=O) groups excluding carboxylic acids is 3. The molecular formula is C32H58N2O9.